The molecule has 0 unspecified atom stereocenters. The number of carbonyl (C=O) groups excluding carboxylic acids is 2. The highest BCUT2D eigenvalue weighted by Crippen LogP contribution is 2.36. The number of hydrogen-bond acceptors (Lipinski definition) is 6. The molecule has 37 heavy (non-hydrogen) atoms. The SMILES string of the molecule is COc1ccc2c(c1)C[C@@H](C(=O)Nc1ccc(-c3cn[nH]c3)cc1Oc1cccc(NC(C)=O)c1)CO2. The minimum absolute atomic E-state index is 0.179. The minimum Gasteiger partial charge on any atom is -0.497 e. The van der Waals surface area contributed by atoms with Crippen LogP contribution in [-0.4, -0.2) is 35.7 Å². The van der Waals surface area contributed by atoms with Crippen LogP contribution in [0.5, 0.6) is 23.0 Å². The van der Waals surface area contributed by atoms with E-state index < -0.39 is 0 Å². The molecule has 0 bridgehead atoms. The lowest BCUT2D eigenvalue weighted by Gasteiger charge is -2.25. The van der Waals surface area contributed by atoms with E-state index in [1.165, 1.54) is 6.92 Å². The second-order valence-corrected chi connectivity index (χ2v) is 8.68. The van der Waals surface area contributed by atoms with Crippen LogP contribution in [0.3, 0.4) is 0 Å². The summed E-state index contributed by atoms with van der Waals surface area (Å²) in [5.41, 5.74) is 3.78. The fourth-order valence-corrected chi connectivity index (χ4v) is 4.17. The van der Waals surface area contributed by atoms with E-state index in [4.69, 9.17) is 14.2 Å². The van der Waals surface area contributed by atoms with Crippen molar-refractivity contribution in [3.8, 4) is 34.1 Å². The number of amides is 2. The zero-order valence-electron chi connectivity index (χ0n) is 20.4. The van der Waals surface area contributed by atoms with Crippen LogP contribution in [0.25, 0.3) is 11.1 Å². The number of nitrogens with one attached hydrogen (secondary N) is 3. The van der Waals surface area contributed by atoms with E-state index in [1.54, 1.807) is 49.8 Å². The maximum absolute atomic E-state index is 13.3. The third-order valence-electron chi connectivity index (χ3n) is 6.00. The Kier molecular flexibility index (Phi) is 6.76. The first kappa shape index (κ1) is 23.9. The molecule has 0 fully saturated rings. The molecule has 0 spiro atoms. The Morgan fingerprint density at radius 3 is 2.70 bits per heavy atom. The molecular weight excluding hydrogens is 472 g/mol. The molecule has 0 saturated heterocycles. The van der Waals surface area contributed by atoms with Crippen LogP contribution in [0.4, 0.5) is 11.4 Å². The molecule has 9 nitrogen and oxygen atoms in total. The van der Waals surface area contributed by atoms with Gasteiger partial charge in [-0.2, -0.15) is 5.10 Å². The molecule has 2 heterocycles. The van der Waals surface area contributed by atoms with Crippen LogP contribution in [0.2, 0.25) is 0 Å². The summed E-state index contributed by atoms with van der Waals surface area (Å²) < 4.78 is 17.4. The Labute approximate surface area is 213 Å². The van der Waals surface area contributed by atoms with E-state index >= 15 is 0 Å². The summed E-state index contributed by atoms with van der Waals surface area (Å²) in [7, 11) is 1.61. The standard InChI is InChI=1S/C28H26N4O5/c1-17(33)31-22-4-3-5-24(13-22)37-27-12-18(21-14-29-30-15-21)6-8-25(27)32-28(34)20-10-19-11-23(35-2)7-9-26(19)36-16-20/h3-9,11-15,20H,10,16H2,1-2H3,(H,29,30)(H,31,33)(H,32,34)/t20-/m1/s1. The van der Waals surface area contributed by atoms with Crippen molar-refractivity contribution in [2.45, 2.75) is 13.3 Å². The van der Waals surface area contributed by atoms with Gasteiger partial charge in [0.25, 0.3) is 0 Å². The van der Waals surface area contributed by atoms with Gasteiger partial charge < -0.3 is 24.8 Å². The number of rotatable bonds is 7. The van der Waals surface area contributed by atoms with Crippen LogP contribution in [0.1, 0.15) is 12.5 Å². The molecular formula is C28H26N4O5. The number of fused-ring (bicyclic) bond motifs is 1. The van der Waals surface area contributed by atoms with Gasteiger partial charge in [0.05, 0.1) is 24.9 Å². The van der Waals surface area contributed by atoms with E-state index in [2.05, 4.69) is 20.8 Å². The van der Waals surface area contributed by atoms with Crippen molar-refractivity contribution in [1.29, 1.82) is 0 Å². The molecule has 1 aliphatic heterocycles. The molecule has 3 aromatic carbocycles. The molecule has 2 amide bonds. The van der Waals surface area contributed by atoms with Crippen molar-refractivity contribution in [1.82, 2.24) is 10.2 Å². The van der Waals surface area contributed by atoms with Crippen LogP contribution in [0, 0.1) is 5.92 Å². The summed E-state index contributed by atoms with van der Waals surface area (Å²) in [6.07, 6.45) is 4.01. The van der Waals surface area contributed by atoms with Gasteiger partial charge in [-0.25, -0.2) is 0 Å². The molecule has 1 atom stereocenters. The van der Waals surface area contributed by atoms with Crippen molar-refractivity contribution in [3.63, 3.8) is 0 Å². The van der Waals surface area contributed by atoms with Crippen molar-refractivity contribution in [2.75, 3.05) is 24.4 Å². The Bertz CT molecular complexity index is 1430. The molecule has 0 saturated carbocycles. The highest BCUT2D eigenvalue weighted by Gasteiger charge is 2.27. The Morgan fingerprint density at radius 2 is 1.92 bits per heavy atom. The molecule has 9 heteroatoms. The molecule has 0 radical (unpaired) electrons. The van der Waals surface area contributed by atoms with Crippen LogP contribution in [-0.2, 0) is 16.0 Å². The molecule has 5 rings (SSSR count). The van der Waals surface area contributed by atoms with Gasteiger partial charge in [-0.05, 0) is 60.0 Å². The van der Waals surface area contributed by atoms with Gasteiger partial charge in [0.2, 0.25) is 11.8 Å². The number of methoxy groups -OCH3 is 1. The molecule has 1 aliphatic rings. The Balaban J connectivity index is 1.40. The summed E-state index contributed by atoms with van der Waals surface area (Å²) in [5, 5.41) is 12.6. The summed E-state index contributed by atoms with van der Waals surface area (Å²) in [6, 6.07) is 18.2. The molecule has 1 aromatic heterocycles. The smallest absolute Gasteiger partial charge is 0.231 e. The highest BCUT2D eigenvalue weighted by atomic mass is 16.5. The van der Waals surface area contributed by atoms with Crippen LogP contribution in [0.15, 0.2) is 73.1 Å². The molecule has 3 N–H and O–H groups in total. The lowest BCUT2D eigenvalue weighted by atomic mass is 9.95. The summed E-state index contributed by atoms with van der Waals surface area (Å²) in [5.74, 6) is 1.69. The van der Waals surface area contributed by atoms with Crippen LogP contribution >= 0.6 is 0 Å². The summed E-state index contributed by atoms with van der Waals surface area (Å²) in [6.45, 7) is 1.71. The topological polar surface area (TPSA) is 115 Å². The number of H-pyrrole nitrogens is 1. The van der Waals surface area contributed by atoms with Gasteiger partial charge in [0.1, 0.15) is 23.9 Å². The lowest BCUT2D eigenvalue weighted by molar-refractivity contribution is -0.121. The predicted molar refractivity (Wildman–Crippen MR) is 139 cm³/mol. The van der Waals surface area contributed by atoms with Gasteiger partial charge in [-0.15, -0.1) is 0 Å². The number of benzene rings is 3. The maximum atomic E-state index is 13.3. The van der Waals surface area contributed by atoms with E-state index in [9.17, 15) is 9.59 Å². The molecule has 0 aliphatic carbocycles. The molecule has 188 valence electrons. The summed E-state index contributed by atoms with van der Waals surface area (Å²) >= 11 is 0. The maximum Gasteiger partial charge on any atom is 0.231 e. The van der Waals surface area contributed by atoms with E-state index in [0.29, 0.717) is 29.3 Å². The number of ether oxygens (including phenoxy) is 3. The predicted octanol–water partition coefficient (Wildman–Crippen LogP) is 5.03. The fourth-order valence-electron chi connectivity index (χ4n) is 4.17. The van der Waals surface area contributed by atoms with Crippen molar-refractivity contribution in [2.24, 2.45) is 5.92 Å². The number of anilines is 2. The monoisotopic (exact) mass is 498 g/mol. The summed E-state index contributed by atoms with van der Waals surface area (Å²) in [4.78, 5) is 24.8. The Morgan fingerprint density at radius 1 is 1.03 bits per heavy atom. The number of carbonyl (C=O) groups is 2. The van der Waals surface area contributed by atoms with E-state index in [0.717, 1.165) is 28.2 Å². The van der Waals surface area contributed by atoms with Crippen molar-refractivity contribution in [3.05, 3.63) is 78.6 Å². The molecule has 4 aromatic rings. The first-order chi connectivity index (χ1) is 18.0. The van der Waals surface area contributed by atoms with E-state index in [-0.39, 0.29) is 24.3 Å². The van der Waals surface area contributed by atoms with Crippen LogP contribution < -0.4 is 24.8 Å². The second-order valence-electron chi connectivity index (χ2n) is 8.68. The third kappa shape index (κ3) is 5.56. The average molecular weight is 499 g/mol. The second kappa shape index (κ2) is 10.4. The van der Waals surface area contributed by atoms with Gasteiger partial charge in [-0.3, -0.25) is 14.7 Å². The lowest BCUT2D eigenvalue weighted by Crippen LogP contribution is -2.32. The fraction of sp³-hybridized carbons (Fsp3) is 0.179. The van der Waals surface area contributed by atoms with E-state index in [1.807, 2.05) is 30.3 Å². The highest BCUT2D eigenvalue weighted by molar-refractivity contribution is 5.95. The first-order valence-corrected chi connectivity index (χ1v) is 11.8. The number of aromatic amines is 1. The number of nitrogens with zero attached hydrogens (tertiary/aromatic N) is 1. The zero-order chi connectivity index (χ0) is 25.8. The largest absolute Gasteiger partial charge is 0.497 e. The van der Waals surface area contributed by atoms with Gasteiger partial charge >= 0.3 is 0 Å². The van der Waals surface area contributed by atoms with Crippen molar-refractivity contribution < 1.29 is 23.8 Å². The van der Waals surface area contributed by atoms with Gasteiger partial charge in [0.15, 0.2) is 5.75 Å². The zero-order valence-corrected chi connectivity index (χ0v) is 20.4. The van der Waals surface area contributed by atoms with Crippen molar-refractivity contribution >= 4 is 23.2 Å². The Hall–Kier alpha value is -4.79. The minimum atomic E-state index is -0.385. The number of aromatic nitrogens is 2. The average Bonchev–Trinajstić information content (AvgIpc) is 3.44. The van der Waals surface area contributed by atoms with Gasteiger partial charge in [0, 0.05) is 30.4 Å². The van der Waals surface area contributed by atoms with Gasteiger partial charge in [-0.1, -0.05) is 12.1 Å². The third-order valence-corrected chi connectivity index (χ3v) is 6.00. The first-order valence-electron chi connectivity index (χ1n) is 11.8. The number of hydrogen-bond donors (Lipinski definition) is 3. The quantitative estimate of drug-likeness (QED) is 0.329. The normalized spacial score (nSPS) is 14.2.